The van der Waals surface area contributed by atoms with Crippen LogP contribution in [-0.2, 0) is 0 Å². The van der Waals surface area contributed by atoms with E-state index in [0.717, 1.165) is 0 Å². The molecule has 1 aliphatic carbocycles. The van der Waals surface area contributed by atoms with Gasteiger partial charge in [0, 0.05) is 0 Å². The quantitative estimate of drug-likeness (QED) is 0.461. The molecule has 0 aromatic heterocycles. The average Bonchev–Trinajstić information content (AvgIpc) is 2.36. The van der Waals surface area contributed by atoms with Gasteiger partial charge >= 0.3 is 0 Å². The van der Waals surface area contributed by atoms with Crippen molar-refractivity contribution in [3.63, 3.8) is 0 Å². The van der Waals surface area contributed by atoms with Crippen LogP contribution in [0.25, 0.3) is 0 Å². The molecule has 1 nitrogen and oxygen atoms in total. The third-order valence-corrected chi connectivity index (χ3v) is 2.22. The van der Waals surface area contributed by atoms with Crippen molar-refractivity contribution < 1.29 is 5.11 Å². The number of rotatable bonds is 2. The van der Waals surface area contributed by atoms with Crippen molar-refractivity contribution in [2.24, 2.45) is 5.41 Å². The third kappa shape index (κ3) is 1.05. The molecular weight excluding hydrogens is 119 g/mol. The summed E-state index contributed by atoms with van der Waals surface area (Å²) in [5.41, 5.74) is -1.28. The lowest BCUT2D eigenvalue weighted by atomic mass is 9.46. The molecule has 0 bridgehead atoms. The van der Waals surface area contributed by atoms with Crippen molar-refractivity contribution in [1.29, 1.82) is 0 Å². The summed E-state index contributed by atoms with van der Waals surface area (Å²) in [7, 11) is 21.3. The fourth-order valence-corrected chi connectivity index (χ4v) is 1.14. The molecule has 0 aromatic rings. The molecule has 0 atom stereocenters. The van der Waals surface area contributed by atoms with E-state index in [-0.39, 0.29) is 0 Å². The van der Waals surface area contributed by atoms with Crippen LogP contribution in [0.4, 0.5) is 0 Å². The van der Waals surface area contributed by atoms with Gasteiger partial charge in [0.05, 0.1) is 31.4 Å². The zero-order chi connectivity index (χ0) is 7.99. The summed E-state index contributed by atoms with van der Waals surface area (Å²) < 4.78 is 0. The molecule has 10 heavy (non-hydrogen) atoms. The molecule has 0 aromatic carbocycles. The van der Waals surface area contributed by atoms with Crippen LogP contribution in [0.3, 0.4) is 0 Å². The van der Waals surface area contributed by atoms with Crippen molar-refractivity contribution in [1.82, 2.24) is 0 Å². The highest BCUT2D eigenvalue weighted by molar-refractivity contribution is 6.43. The summed E-state index contributed by atoms with van der Waals surface area (Å²) >= 11 is 0. The van der Waals surface area contributed by atoms with Gasteiger partial charge in [-0.05, 0) is 23.7 Å². The Morgan fingerprint density at radius 1 is 1.30 bits per heavy atom. The van der Waals surface area contributed by atoms with E-state index >= 15 is 0 Å². The minimum absolute atomic E-state index is 0.632. The fraction of sp³-hybridized carbons (Fsp3) is 1.00. The molecule has 44 valence electrons. The van der Waals surface area contributed by atoms with Crippen LogP contribution in [0.15, 0.2) is 0 Å². The Hall–Kier alpha value is 0.220. The van der Waals surface area contributed by atoms with Crippen LogP contribution in [-0.4, -0.2) is 41.9 Å². The number of aliphatic hydroxyl groups is 1. The first kappa shape index (κ1) is 8.32. The summed E-state index contributed by atoms with van der Waals surface area (Å²) in [5, 5.41) is 7.45. The molecule has 1 aliphatic rings. The summed E-state index contributed by atoms with van der Waals surface area (Å²) in [6, 6.07) is 0. The van der Waals surface area contributed by atoms with Gasteiger partial charge < -0.3 is 5.11 Å². The molecular formula is C5H6B4O. The van der Waals surface area contributed by atoms with Crippen LogP contribution >= 0.6 is 0 Å². The molecule has 0 amide bonds. The molecule has 8 radical (unpaired) electrons. The SMILES string of the molecule is [B]C([B])C1(C([B])([B])O)CC1. The molecule has 1 fully saturated rings. The first-order chi connectivity index (χ1) is 4.40. The van der Waals surface area contributed by atoms with E-state index in [9.17, 15) is 5.11 Å². The van der Waals surface area contributed by atoms with E-state index in [1.54, 1.807) is 0 Å². The Balaban J connectivity index is 2.70. The average molecular weight is 125 g/mol. The second kappa shape index (κ2) is 2.10. The normalized spacial score (nSPS) is 23.0. The maximum atomic E-state index is 9.17. The van der Waals surface area contributed by atoms with Gasteiger partial charge in [0.2, 0.25) is 0 Å². The van der Waals surface area contributed by atoms with Gasteiger partial charge in [0.1, 0.15) is 0 Å². The number of hydrogen-bond acceptors (Lipinski definition) is 1. The van der Waals surface area contributed by atoms with Gasteiger partial charge in [0.15, 0.2) is 0 Å². The summed E-state index contributed by atoms with van der Waals surface area (Å²) in [6.45, 7) is 0. The second-order valence-electron chi connectivity index (χ2n) is 3.01. The molecule has 0 spiro atoms. The van der Waals surface area contributed by atoms with E-state index in [1.807, 2.05) is 0 Å². The molecule has 0 saturated heterocycles. The van der Waals surface area contributed by atoms with Crippen molar-refractivity contribution in [2.45, 2.75) is 24.0 Å². The Morgan fingerprint density at radius 3 is 1.70 bits per heavy atom. The van der Waals surface area contributed by atoms with Crippen LogP contribution in [0.5, 0.6) is 0 Å². The van der Waals surface area contributed by atoms with E-state index in [0.29, 0.717) is 12.8 Å². The van der Waals surface area contributed by atoms with Crippen molar-refractivity contribution in [3.05, 3.63) is 0 Å². The highest BCUT2D eigenvalue weighted by atomic mass is 16.3. The van der Waals surface area contributed by atoms with Crippen molar-refractivity contribution >= 4 is 31.4 Å². The molecule has 1 N–H and O–H groups in total. The molecule has 1 saturated carbocycles. The molecule has 5 heteroatoms. The van der Waals surface area contributed by atoms with Gasteiger partial charge in [-0.15, -0.1) is 5.72 Å². The summed E-state index contributed by atoms with van der Waals surface area (Å²) in [6.07, 6.45) is 1.41. The zero-order valence-corrected chi connectivity index (χ0v) is 5.75. The lowest BCUT2D eigenvalue weighted by molar-refractivity contribution is 0.133. The molecule has 1 rings (SSSR count). The van der Waals surface area contributed by atoms with E-state index < -0.39 is 16.5 Å². The van der Waals surface area contributed by atoms with E-state index in [1.165, 1.54) is 0 Å². The first-order valence-corrected chi connectivity index (χ1v) is 3.21. The van der Waals surface area contributed by atoms with E-state index in [2.05, 4.69) is 0 Å². The Labute approximate surface area is 66.6 Å². The van der Waals surface area contributed by atoms with Crippen molar-refractivity contribution in [2.75, 3.05) is 0 Å². The predicted octanol–water partition coefficient (Wildman–Crippen LogP) is -1.17. The van der Waals surface area contributed by atoms with Crippen molar-refractivity contribution in [3.8, 4) is 0 Å². The van der Waals surface area contributed by atoms with Crippen LogP contribution in [0.2, 0.25) is 5.72 Å². The topological polar surface area (TPSA) is 20.2 Å². The molecule has 0 aliphatic heterocycles. The molecule has 0 unspecified atom stereocenters. The van der Waals surface area contributed by atoms with Gasteiger partial charge in [-0.25, -0.2) is 0 Å². The van der Waals surface area contributed by atoms with Gasteiger partial charge in [-0.2, -0.15) is 0 Å². The zero-order valence-electron chi connectivity index (χ0n) is 5.75. The highest BCUT2D eigenvalue weighted by Gasteiger charge is 2.53. The number of hydrogen-bond donors (Lipinski definition) is 1. The smallest absolute Gasteiger partial charge is 0.0996 e. The van der Waals surface area contributed by atoms with Crippen LogP contribution in [0, 0.1) is 5.41 Å². The lowest BCUT2D eigenvalue weighted by Crippen LogP contribution is -2.43. The Kier molecular flexibility index (Phi) is 1.75. The summed E-state index contributed by atoms with van der Waals surface area (Å²) in [4.78, 5) is 0. The lowest BCUT2D eigenvalue weighted by Gasteiger charge is -2.34. The molecule has 0 heterocycles. The monoisotopic (exact) mass is 126 g/mol. The minimum atomic E-state index is -1.72. The Bertz CT molecular complexity index is 135. The summed E-state index contributed by atoms with van der Waals surface area (Å²) in [5.74, 6) is 0. The van der Waals surface area contributed by atoms with Gasteiger partial charge in [-0.3, -0.25) is 0 Å². The third-order valence-electron chi connectivity index (χ3n) is 2.22. The minimum Gasteiger partial charge on any atom is -0.409 e. The highest BCUT2D eigenvalue weighted by Crippen LogP contribution is 2.57. The standard InChI is InChI=1S/C5H6B4O/c6-3(7)4(1-2-4)5(8,9)10/h3,10H,1-2H2. The van der Waals surface area contributed by atoms with Crippen LogP contribution < -0.4 is 0 Å². The van der Waals surface area contributed by atoms with Gasteiger partial charge in [0.25, 0.3) is 0 Å². The second-order valence-corrected chi connectivity index (χ2v) is 3.01. The first-order valence-electron chi connectivity index (χ1n) is 3.21. The van der Waals surface area contributed by atoms with E-state index in [4.69, 9.17) is 31.4 Å². The largest absolute Gasteiger partial charge is 0.409 e. The fourth-order valence-electron chi connectivity index (χ4n) is 1.14. The maximum absolute atomic E-state index is 9.17. The van der Waals surface area contributed by atoms with Crippen LogP contribution in [0.1, 0.15) is 12.8 Å². The maximum Gasteiger partial charge on any atom is 0.0996 e. The Morgan fingerprint density at radius 2 is 1.70 bits per heavy atom. The van der Waals surface area contributed by atoms with Gasteiger partial charge in [-0.1, -0.05) is 0 Å². The predicted molar refractivity (Wildman–Crippen MR) is 43.4 cm³/mol.